The van der Waals surface area contributed by atoms with Gasteiger partial charge in [-0.1, -0.05) is 12.1 Å². The van der Waals surface area contributed by atoms with Crippen LogP contribution in [0.25, 0.3) is 22.7 Å². The minimum atomic E-state index is 0.578. The van der Waals surface area contributed by atoms with Crippen molar-refractivity contribution < 1.29 is 4.42 Å². The van der Waals surface area contributed by atoms with E-state index in [1.807, 2.05) is 50.2 Å². The third-order valence-electron chi connectivity index (χ3n) is 2.65. The minimum absolute atomic E-state index is 0.578. The van der Waals surface area contributed by atoms with Gasteiger partial charge < -0.3 is 4.42 Å². The summed E-state index contributed by atoms with van der Waals surface area (Å²) in [6, 6.07) is 11.8. The third kappa shape index (κ3) is 1.80. The lowest BCUT2D eigenvalue weighted by Crippen LogP contribution is -1.85. The number of benzene rings is 1. The molecular weight excluding hydrogens is 212 g/mol. The van der Waals surface area contributed by atoms with Gasteiger partial charge in [-0.15, -0.1) is 0 Å². The van der Waals surface area contributed by atoms with Crippen molar-refractivity contribution in [3.63, 3.8) is 0 Å². The molecule has 0 aliphatic rings. The first-order chi connectivity index (χ1) is 8.22. The number of hydrogen-bond acceptors (Lipinski definition) is 3. The van der Waals surface area contributed by atoms with Crippen LogP contribution >= 0.6 is 0 Å². The van der Waals surface area contributed by atoms with Crippen LogP contribution in [0.15, 0.2) is 40.8 Å². The van der Waals surface area contributed by atoms with Crippen molar-refractivity contribution in [1.29, 1.82) is 0 Å². The Balaban J connectivity index is 2.18. The van der Waals surface area contributed by atoms with Gasteiger partial charge in [0, 0.05) is 5.69 Å². The molecule has 0 saturated heterocycles. The smallest absolute Gasteiger partial charge is 0.246 e. The highest BCUT2D eigenvalue weighted by molar-refractivity contribution is 5.76. The van der Waals surface area contributed by atoms with Gasteiger partial charge in [0.25, 0.3) is 0 Å². The summed E-state index contributed by atoms with van der Waals surface area (Å²) >= 11 is 0. The van der Waals surface area contributed by atoms with Gasteiger partial charge in [0.05, 0.1) is 0 Å². The normalized spacial score (nSPS) is 10.9. The molecule has 84 valence electrons. The molecule has 1 aromatic carbocycles. The van der Waals surface area contributed by atoms with Gasteiger partial charge in [0.1, 0.15) is 11.2 Å². The highest BCUT2D eigenvalue weighted by atomic mass is 16.3. The second kappa shape index (κ2) is 3.70. The molecule has 2 heterocycles. The fraction of sp³-hybridized carbons (Fsp3) is 0.143. The molecule has 0 unspecified atom stereocenters. The molecule has 3 nitrogen and oxygen atoms in total. The maximum Gasteiger partial charge on any atom is 0.246 e. The van der Waals surface area contributed by atoms with Gasteiger partial charge >= 0.3 is 0 Å². The summed E-state index contributed by atoms with van der Waals surface area (Å²) in [5.41, 5.74) is 4.59. The Labute approximate surface area is 99.1 Å². The Hall–Kier alpha value is -2.16. The lowest BCUT2D eigenvalue weighted by atomic mass is 10.2. The number of fused-ring (bicyclic) bond motifs is 1. The molecule has 2 aromatic heterocycles. The van der Waals surface area contributed by atoms with Crippen LogP contribution in [0, 0.1) is 13.8 Å². The average molecular weight is 224 g/mol. The van der Waals surface area contributed by atoms with Crippen molar-refractivity contribution in [2.24, 2.45) is 0 Å². The molecule has 0 bridgehead atoms. The zero-order chi connectivity index (χ0) is 11.8. The summed E-state index contributed by atoms with van der Waals surface area (Å²) in [7, 11) is 0. The van der Waals surface area contributed by atoms with Gasteiger partial charge in [0.15, 0.2) is 5.58 Å². The quantitative estimate of drug-likeness (QED) is 0.635. The molecule has 3 heteroatoms. The first-order valence-electron chi connectivity index (χ1n) is 5.53. The van der Waals surface area contributed by atoms with Crippen molar-refractivity contribution in [2.75, 3.05) is 0 Å². The highest BCUT2D eigenvalue weighted by Gasteiger charge is 2.09. The highest BCUT2D eigenvalue weighted by Crippen LogP contribution is 2.23. The van der Waals surface area contributed by atoms with Crippen LogP contribution in [0.5, 0.6) is 0 Å². The molecule has 0 fully saturated rings. The van der Waals surface area contributed by atoms with Crippen LogP contribution in [-0.2, 0) is 0 Å². The molecule has 0 aliphatic carbocycles. The summed E-state index contributed by atoms with van der Waals surface area (Å²) in [4.78, 5) is 8.86. The first-order valence-corrected chi connectivity index (χ1v) is 5.53. The standard InChI is InChI=1S/C14H12N2O/c1-9-6-7-13-12(8-9)16-14(17-13)11-5-3-4-10(2)15-11/h3-8H,1-2H3. The number of oxazole rings is 1. The van der Waals surface area contributed by atoms with Gasteiger partial charge in [0.2, 0.25) is 5.89 Å². The van der Waals surface area contributed by atoms with E-state index >= 15 is 0 Å². The number of hydrogen-bond donors (Lipinski definition) is 0. The predicted octanol–water partition coefficient (Wildman–Crippen LogP) is 3.51. The van der Waals surface area contributed by atoms with Gasteiger partial charge in [-0.05, 0) is 43.7 Å². The Morgan fingerprint density at radius 1 is 1.00 bits per heavy atom. The van der Waals surface area contributed by atoms with Crippen LogP contribution in [0.3, 0.4) is 0 Å². The molecule has 17 heavy (non-hydrogen) atoms. The van der Waals surface area contributed by atoms with Crippen molar-refractivity contribution in [2.45, 2.75) is 13.8 Å². The van der Waals surface area contributed by atoms with E-state index in [1.165, 1.54) is 5.56 Å². The summed E-state index contributed by atoms with van der Waals surface area (Å²) in [6.45, 7) is 4.00. The molecule has 0 aliphatic heterocycles. The molecule has 0 spiro atoms. The Morgan fingerprint density at radius 3 is 2.71 bits per heavy atom. The van der Waals surface area contributed by atoms with Crippen molar-refractivity contribution in [3.05, 3.63) is 47.7 Å². The van der Waals surface area contributed by atoms with E-state index in [9.17, 15) is 0 Å². The SMILES string of the molecule is Cc1ccc2oc(-c3cccc(C)n3)nc2c1. The van der Waals surface area contributed by atoms with Crippen LogP contribution in [0.4, 0.5) is 0 Å². The minimum Gasteiger partial charge on any atom is -0.435 e. The number of aromatic nitrogens is 2. The topological polar surface area (TPSA) is 38.9 Å². The second-order valence-electron chi connectivity index (χ2n) is 4.15. The van der Waals surface area contributed by atoms with E-state index in [1.54, 1.807) is 0 Å². The molecular formula is C14H12N2O. The Morgan fingerprint density at radius 2 is 1.88 bits per heavy atom. The number of rotatable bonds is 1. The molecule has 3 rings (SSSR count). The van der Waals surface area contributed by atoms with Crippen molar-refractivity contribution >= 4 is 11.1 Å². The molecule has 0 saturated carbocycles. The Kier molecular flexibility index (Phi) is 2.18. The number of aryl methyl sites for hydroxylation is 2. The number of pyridine rings is 1. The fourth-order valence-electron chi connectivity index (χ4n) is 1.81. The average Bonchev–Trinajstić information content (AvgIpc) is 2.72. The summed E-state index contributed by atoms with van der Waals surface area (Å²) in [5, 5.41) is 0. The first kappa shape index (κ1) is 10.0. The van der Waals surface area contributed by atoms with E-state index in [0.717, 1.165) is 22.5 Å². The maximum absolute atomic E-state index is 5.69. The number of nitrogens with zero attached hydrogens (tertiary/aromatic N) is 2. The summed E-state index contributed by atoms with van der Waals surface area (Å²) in [5.74, 6) is 0.578. The monoisotopic (exact) mass is 224 g/mol. The molecule has 3 aromatic rings. The van der Waals surface area contributed by atoms with Crippen LogP contribution in [0.2, 0.25) is 0 Å². The summed E-state index contributed by atoms with van der Waals surface area (Å²) in [6.07, 6.45) is 0. The van der Waals surface area contributed by atoms with Crippen LogP contribution in [0.1, 0.15) is 11.3 Å². The van der Waals surface area contributed by atoms with Gasteiger partial charge in [-0.2, -0.15) is 0 Å². The van der Waals surface area contributed by atoms with E-state index in [2.05, 4.69) is 9.97 Å². The summed E-state index contributed by atoms with van der Waals surface area (Å²) < 4.78 is 5.69. The molecule has 0 radical (unpaired) electrons. The lowest BCUT2D eigenvalue weighted by Gasteiger charge is -1.94. The van der Waals surface area contributed by atoms with E-state index in [4.69, 9.17) is 4.42 Å². The zero-order valence-electron chi connectivity index (χ0n) is 9.77. The Bertz CT molecular complexity index is 686. The lowest BCUT2D eigenvalue weighted by molar-refractivity contribution is 0.616. The predicted molar refractivity (Wildman–Crippen MR) is 66.7 cm³/mol. The van der Waals surface area contributed by atoms with Crippen molar-refractivity contribution in [1.82, 2.24) is 9.97 Å². The fourth-order valence-corrected chi connectivity index (χ4v) is 1.81. The van der Waals surface area contributed by atoms with Gasteiger partial charge in [-0.3, -0.25) is 0 Å². The van der Waals surface area contributed by atoms with Crippen molar-refractivity contribution in [3.8, 4) is 11.6 Å². The van der Waals surface area contributed by atoms with Crippen LogP contribution < -0.4 is 0 Å². The zero-order valence-corrected chi connectivity index (χ0v) is 9.77. The third-order valence-corrected chi connectivity index (χ3v) is 2.65. The molecule has 0 atom stereocenters. The molecule has 0 amide bonds. The van der Waals surface area contributed by atoms with Crippen LogP contribution in [-0.4, -0.2) is 9.97 Å². The molecule has 0 N–H and O–H groups in total. The second-order valence-corrected chi connectivity index (χ2v) is 4.15. The van der Waals surface area contributed by atoms with Gasteiger partial charge in [-0.25, -0.2) is 9.97 Å². The van der Waals surface area contributed by atoms with E-state index in [-0.39, 0.29) is 0 Å². The maximum atomic E-state index is 5.69. The van der Waals surface area contributed by atoms with E-state index in [0.29, 0.717) is 5.89 Å². The van der Waals surface area contributed by atoms with E-state index < -0.39 is 0 Å². The largest absolute Gasteiger partial charge is 0.435 e.